The van der Waals surface area contributed by atoms with Crippen molar-refractivity contribution in [2.75, 3.05) is 18.2 Å². The number of fused-ring (bicyclic) bond motifs is 1. The predicted molar refractivity (Wildman–Crippen MR) is 91.8 cm³/mol. The molecule has 0 radical (unpaired) electrons. The lowest BCUT2D eigenvalue weighted by molar-refractivity contribution is -0.136. The summed E-state index contributed by atoms with van der Waals surface area (Å²) in [4.78, 5) is 25.2. The van der Waals surface area contributed by atoms with Crippen molar-refractivity contribution in [3.63, 3.8) is 0 Å². The number of carbonyl (C=O) groups excluding carboxylic acids is 2. The molecule has 120 valence electrons. The number of nitrogen functional groups attached to an aromatic ring is 1. The number of hydrogen-bond acceptors (Lipinski definition) is 7. The molecule has 3 rings (SSSR count). The van der Waals surface area contributed by atoms with Crippen LogP contribution in [-0.4, -0.2) is 19.0 Å². The molecule has 3 heterocycles. The summed E-state index contributed by atoms with van der Waals surface area (Å²) < 4.78 is 4.94. The molecule has 0 aliphatic carbocycles. The van der Waals surface area contributed by atoms with E-state index in [2.05, 4.69) is 5.32 Å². The molecule has 2 aromatic heterocycles. The number of esters is 1. The Hall–Kier alpha value is -2.32. The molecule has 0 aromatic carbocycles. The molecule has 1 atom stereocenters. The number of allylic oxidation sites excluding steroid dienone is 1. The lowest BCUT2D eigenvalue weighted by Gasteiger charge is -2.27. The summed E-state index contributed by atoms with van der Waals surface area (Å²) in [7, 11) is 1.34. The Labute approximate surface area is 140 Å². The van der Waals surface area contributed by atoms with Gasteiger partial charge in [0.2, 0.25) is 0 Å². The van der Waals surface area contributed by atoms with E-state index in [9.17, 15) is 9.59 Å². The first-order chi connectivity index (χ1) is 11.0. The molecule has 0 unspecified atom stereocenters. The molecule has 5 N–H and O–H groups in total. The minimum absolute atomic E-state index is 0.294. The van der Waals surface area contributed by atoms with Crippen LogP contribution in [0.5, 0.6) is 0 Å². The number of nitrogens with two attached hydrogens (primary N) is 2. The van der Waals surface area contributed by atoms with E-state index >= 15 is 0 Å². The molecule has 1 amide bonds. The quantitative estimate of drug-likeness (QED) is 0.738. The van der Waals surface area contributed by atoms with Gasteiger partial charge in [0.05, 0.1) is 29.3 Å². The van der Waals surface area contributed by atoms with Crippen molar-refractivity contribution in [2.24, 2.45) is 5.73 Å². The number of thiophene rings is 2. The fraction of sp³-hybridized carbons (Fsp3) is 0.200. The molecule has 2 aromatic rings. The molecule has 1 aliphatic rings. The third-order valence-electron chi connectivity index (χ3n) is 3.72. The highest BCUT2D eigenvalue weighted by Gasteiger charge is 2.37. The molecule has 8 heteroatoms. The zero-order valence-electron chi connectivity index (χ0n) is 12.5. The van der Waals surface area contributed by atoms with Gasteiger partial charge in [0.15, 0.2) is 0 Å². The maximum absolute atomic E-state index is 12.3. The van der Waals surface area contributed by atoms with Crippen LogP contribution in [0.15, 0.2) is 28.8 Å². The van der Waals surface area contributed by atoms with E-state index < -0.39 is 11.9 Å². The number of methoxy groups -OCH3 is 1. The predicted octanol–water partition coefficient (Wildman–Crippen LogP) is 2.50. The maximum atomic E-state index is 12.3. The largest absolute Gasteiger partial charge is 0.466 e. The van der Waals surface area contributed by atoms with Crippen LogP contribution in [0.25, 0.3) is 0 Å². The van der Waals surface area contributed by atoms with Gasteiger partial charge in [-0.05, 0) is 18.4 Å². The van der Waals surface area contributed by atoms with Gasteiger partial charge >= 0.3 is 5.97 Å². The van der Waals surface area contributed by atoms with Crippen LogP contribution in [0.2, 0.25) is 0 Å². The van der Waals surface area contributed by atoms with E-state index in [0.29, 0.717) is 27.4 Å². The molecule has 0 fully saturated rings. The van der Waals surface area contributed by atoms with Crippen molar-refractivity contribution >= 4 is 45.2 Å². The van der Waals surface area contributed by atoms with Gasteiger partial charge in [0.25, 0.3) is 5.91 Å². The SMILES string of the molecule is COC(=O)C1=C(C)Nc2sc(C(N)=O)c(N)c2[C@@H]1c1cccs1. The van der Waals surface area contributed by atoms with Crippen molar-refractivity contribution in [3.05, 3.63) is 44.1 Å². The van der Waals surface area contributed by atoms with E-state index in [1.165, 1.54) is 29.8 Å². The Morgan fingerprint density at radius 3 is 2.70 bits per heavy atom. The molecule has 0 saturated carbocycles. The maximum Gasteiger partial charge on any atom is 0.336 e. The molecule has 0 bridgehead atoms. The van der Waals surface area contributed by atoms with Gasteiger partial charge in [-0.15, -0.1) is 22.7 Å². The molecule has 6 nitrogen and oxygen atoms in total. The first-order valence-electron chi connectivity index (χ1n) is 6.77. The van der Waals surface area contributed by atoms with Gasteiger partial charge in [0.1, 0.15) is 4.88 Å². The number of amides is 1. The molecule has 23 heavy (non-hydrogen) atoms. The highest BCUT2D eigenvalue weighted by Crippen LogP contribution is 2.50. The lowest BCUT2D eigenvalue weighted by Crippen LogP contribution is -2.23. The highest BCUT2D eigenvalue weighted by molar-refractivity contribution is 7.19. The monoisotopic (exact) mass is 349 g/mol. The van der Waals surface area contributed by atoms with Crippen LogP contribution in [0, 0.1) is 0 Å². The minimum atomic E-state index is -0.578. The number of anilines is 2. The van der Waals surface area contributed by atoms with E-state index in [1.54, 1.807) is 6.92 Å². The number of rotatable bonds is 3. The van der Waals surface area contributed by atoms with Crippen LogP contribution in [0.3, 0.4) is 0 Å². The summed E-state index contributed by atoms with van der Waals surface area (Å²) in [6.07, 6.45) is 0. The molecule has 0 spiro atoms. The molecular weight excluding hydrogens is 334 g/mol. The Bertz CT molecular complexity index is 821. The van der Waals surface area contributed by atoms with Crippen molar-refractivity contribution in [1.82, 2.24) is 0 Å². The van der Waals surface area contributed by atoms with E-state index in [4.69, 9.17) is 16.2 Å². The second kappa shape index (κ2) is 5.71. The zero-order valence-corrected chi connectivity index (χ0v) is 14.1. The van der Waals surface area contributed by atoms with Gasteiger partial charge < -0.3 is 21.5 Å². The Morgan fingerprint density at radius 2 is 2.13 bits per heavy atom. The van der Waals surface area contributed by atoms with Crippen molar-refractivity contribution in [1.29, 1.82) is 0 Å². The number of carbonyl (C=O) groups is 2. The standard InChI is InChI=1S/C15H15N3O3S2/c1-6-8(15(20)21-2)9(7-4-3-5-22-7)10-11(16)12(13(17)19)23-14(10)18-6/h3-5,9,18H,16H2,1-2H3,(H2,17,19)/t9-/m1/s1. The summed E-state index contributed by atoms with van der Waals surface area (Å²) in [6, 6.07) is 3.84. The summed E-state index contributed by atoms with van der Waals surface area (Å²) in [6.45, 7) is 1.80. The first-order valence-corrected chi connectivity index (χ1v) is 8.46. The summed E-state index contributed by atoms with van der Waals surface area (Å²) in [5.74, 6) is -1.38. The average molecular weight is 349 g/mol. The number of primary amides is 1. The normalized spacial score (nSPS) is 16.7. The average Bonchev–Trinajstić information content (AvgIpc) is 3.13. The summed E-state index contributed by atoms with van der Waals surface area (Å²) in [5.41, 5.74) is 13.8. The van der Waals surface area contributed by atoms with E-state index in [1.807, 2.05) is 17.5 Å². The van der Waals surface area contributed by atoms with Gasteiger partial charge in [-0.3, -0.25) is 4.79 Å². The second-order valence-corrected chi connectivity index (χ2v) is 7.06. The minimum Gasteiger partial charge on any atom is -0.466 e. The van der Waals surface area contributed by atoms with E-state index in [-0.39, 0.29) is 5.92 Å². The fourth-order valence-corrected chi connectivity index (χ4v) is 4.65. The Morgan fingerprint density at radius 1 is 1.39 bits per heavy atom. The Kier molecular flexibility index (Phi) is 3.87. The van der Waals surface area contributed by atoms with Gasteiger partial charge in [-0.1, -0.05) is 6.07 Å². The third-order valence-corrected chi connectivity index (χ3v) is 5.81. The van der Waals surface area contributed by atoms with Gasteiger partial charge in [0, 0.05) is 16.1 Å². The van der Waals surface area contributed by atoms with Crippen LogP contribution in [0.4, 0.5) is 10.7 Å². The second-order valence-electron chi connectivity index (χ2n) is 5.06. The molecule has 1 aliphatic heterocycles. The van der Waals surface area contributed by atoms with Crippen molar-refractivity contribution < 1.29 is 14.3 Å². The van der Waals surface area contributed by atoms with Crippen molar-refractivity contribution in [2.45, 2.75) is 12.8 Å². The van der Waals surface area contributed by atoms with Crippen LogP contribution in [-0.2, 0) is 9.53 Å². The summed E-state index contributed by atoms with van der Waals surface area (Å²) >= 11 is 2.72. The van der Waals surface area contributed by atoms with Crippen LogP contribution < -0.4 is 16.8 Å². The number of ether oxygens (including phenoxy) is 1. The number of nitrogens with one attached hydrogen (secondary N) is 1. The summed E-state index contributed by atoms with van der Waals surface area (Å²) in [5, 5.41) is 5.81. The molecular formula is C15H15N3O3S2. The smallest absolute Gasteiger partial charge is 0.336 e. The fourth-order valence-electron chi connectivity index (χ4n) is 2.74. The highest BCUT2D eigenvalue weighted by atomic mass is 32.1. The molecule has 0 saturated heterocycles. The van der Waals surface area contributed by atoms with Gasteiger partial charge in [-0.2, -0.15) is 0 Å². The zero-order chi connectivity index (χ0) is 16.7. The van der Waals surface area contributed by atoms with Crippen molar-refractivity contribution in [3.8, 4) is 0 Å². The first kappa shape index (κ1) is 15.6. The lowest BCUT2D eigenvalue weighted by atomic mass is 9.86. The Balaban J connectivity index is 2.26. The topological polar surface area (TPSA) is 107 Å². The number of hydrogen-bond donors (Lipinski definition) is 3. The van der Waals surface area contributed by atoms with Gasteiger partial charge in [-0.25, -0.2) is 4.79 Å². The van der Waals surface area contributed by atoms with Crippen LogP contribution in [0.1, 0.15) is 33.0 Å². The van der Waals surface area contributed by atoms with Crippen LogP contribution >= 0.6 is 22.7 Å². The van der Waals surface area contributed by atoms with E-state index in [0.717, 1.165) is 9.88 Å². The third kappa shape index (κ3) is 2.40.